The van der Waals surface area contributed by atoms with Gasteiger partial charge in [-0.3, -0.25) is 4.79 Å². The maximum Gasteiger partial charge on any atom is 0.282 e. The van der Waals surface area contributed by atoms with Crippen LogP contribution in [0.4, 0.5) is 0 Å². The average Bonchev–Trinajstić information content (AvgIpc) is 2.97. The quantitative estimate of drug-likeness (QED) is 0.155. The van der Waals surface area contributed by atoms with Gasteiger partial charge < -0.3 is 9.47 Å². The van der Waals surface area contributed by atoms with Gasteiger partial charge in [-0.25, -0.2) is 4.98 Å². The summed E-state index contributed by atoms with van der Waals surface area (Å²) in [5.74, 6) is 2.28. The average molecular weight is 625 g/mol. The molecule has 0 atom stereocenters. The van der Waals surface area contributed by atoms with Gasteiger partial charge in [0.15, 0.2) is 5.82 Å². The first-order valence-electron chi connectivity index (χ1n) is 14.1. The molecule has 0 N–H and O–H groups in total. The van der Waals surface area contributed by atoms with E-state index in [1.54, 1.807) is 12.3 Å². The second-order valence-corrected chi connectivity index (χ2v) is 11.4. The van der Waals surface area contributed by atoms with Crippen LogP contribution in [0.1, 0.15) is 54.5 Å². The van der Waals surface area contributed by atoms with E-state index in [1.165, 1.54) is 10.2 Å². The molecule has 1 heterocycles. The number of aromatic nitrogens is 2. The third kappa shape index (κ3) is 6.31. The molecule has 5 aromatic rings. The molecule has 7 heteroatoms. The number of ether oxygens (including phenoxy) is 2. The van der Waals surface area contributed by atoms with Gasteiger partial charge in [-0.05, 0) is 107 Å². The molecule has 1 aromatic heterocycles. The molecule has 0 spiro atoms. The van der Waals surface area contributed by atoms with E-state index in [0.29, 0.717) is 29.9 Å². The Kier molecular flexibility index (Phi) is 8.88. The van der Waals surface area contributed by atoms with Crippen LogP contribution in [0.15, 0.2) is 93.2 Å². The molecule has 0 radical (unpaired) electrons. The molecule has 0 bridgehead atoms. The zero-order chi connectivity index (χ0) is 29.8. The van der Waals surface area contributed by atoms with E-state index < -0.39 is 0 Å². The summed E-state index contributed by atoms with van der Waals surface area (Å²) in [6.45, 7) is 11.3. The Morgan fingerprint density at radius 1 is 0.952 bits per heavy atom. The second kappa shape index (κ2) is 12.7. The Morgan fingerprint density at radius 3 is 2.43 bits per heavy atom. The van der Waals surface area contributed by atoms with Crippen molar-refractivity contribution in [3.05, 3.63) is 122 Å². The van der Waals surface area contributed by atoms with Crippen LogP contribution in [0.2, 0.25) is 0 Å². The first-order valence-corrected chi connectivity index (χ1v) is 14.9. The summed E-state index contributed by atoms with van der Waals surface area (Å²) < 4.78 is 14.2. The normalized spacial score (nSPS) is 11.5. The highest BCUT2D eigenvalue weighted by Crippen LogP contribution is 2.34. The van der Waals surface area contributed by atoms with Crippen LogP contribution in [0, 0.1) is 13.8 Å². The topological polar surface area (TPSA) is 65.7 Å². The molecule has 42 heavy (non-hydrogen) atoms. The number of fused-ring (bicyclic) bond motifs is 1. The maximum absolute atomic E-state index is 13.8. The van der Waals surface area contributed by atoms with Crippen LogP contribution in [0.5, 0.6) is 11.5 Å². The van der Waals surface area contributed by atoms with Gasteiger partial charge in [0.1, 0.15) is 18.1 Å². The highest BCUT2D eigenvalue weighted by Gasteiger charge is 2.18. The first-order chi connectivity index (χ1) is 20.2. The monoisotopic (exact) mass is 623 g/mol. The molecular weight excluding hydrogens is 590 g/mol. The fourth-order valence-corrected chi connectivity index (χ4v) is 5.27. The molecule has 0 saturated carbocycles. The summed E-state index contributed by atoms with van der Waals surface area (Å²) in [6, 6.07) is 25.5. The van der Waals surface area contributed by atoms with Crippen LogP contribution >= 0.6 is 15.9 Å². The number of benzene rings is 4. The summed E-state index contributed by atoms with van der Waals surface area (Å²) in [4.78, 5) is 18.7. The highest BCUT2D eigenvalue weighted by atomic mass is 79.9. The van der Waals surface area contributed by atoms with Crippen molar-refractivity contribution in [2.45, 2.75) is 47.1 Å². The molecule has 0 amide bonds. The Bertz CT molecular complexity index is 1830. The summed E-state index contributed by atoms with van der Waals surface area (Å²) in [5.41, 5.74) is 6.35. The highest BCUT2D eigenvalue weighted by molar-refractivity contribution is 9.10. The molecule has 0 aliphatic rings. The van der Waals surface area contributed by atoms with Gasteiger partial charge in [0, 0.05) is 5.56 Å². The van der Waals surface area contributed by atoms with E-state index in [1.807, 2.05) is 56.3 Å². The smallest absolute Gasteiger partial charge is 0.282 e. The number of aryl methyl sites for hydroxylation is 2. The predicted octanol–water partition coefficient (Wildman–Crippen LogP) is 8.43. The molecule has 0 saturated heterocycles. The standard InChI is InChI=1S/C35H34BrN3O3/c1-6-41-33-17-24(5)29(19-28(33)22(2)3)34-38-31-10-8-7-9-27(31)35(40)39(34)37-20-26-15-16-32(30(36)18-26)42-21-25-13-11-23(4)12-14-25/h7-20,22H,6,21H2,1-5H3. The maximum atomic E-state index is 13.8. The van der Waals surface area contributed by atoms with Crippen LogP contribution in [-0.4, -0.2) is 22.5 Å². The molecule has 0 aliphatic heterocycles. The Balaban J connectivity index is 1.53. The second-order valence-electron chi connectivity index (χ2n) is 10.6. The number of nitrogens with zero attached hydrogens (tertiary/aromatic N) is 3. The fraction of sp³-hybridized carbons (Fsp3) is 0.229. The van der Waals surface area contributed by atoms with Gasteiger partial charge in [-0.2, -0.15) is 9.78 Å². The number of para-hydroxylation sites is 1. The summed E-state index contributed by atoms with van der Waals surface area (Å²) in [5, 5.41) is 5.18. The molecule has 0 fully saturated rings. The molecule has 214 valence electrons. The predicted molar refractivity (Wildman–Crippen MR) is 174 cm³/mol. The summed E-state index contributed by atoms with van der Waals surface area (Å²) >= 11 is 3.63. The lowest BCUT2D eigenvalue weighted by Gasteiger charge is -2.18. The number of hydrogen-bond acceptors (Lipinski definition) is 5. The van der Waals surface area contributed by atoms with Crippen molar-refractivity contribution in [1.29, 1.82) is 0 Å². The Hall–Kier alpha value is -4.23. The van der Waals surface area contributed by atoms with Gasteiger partial charge in [0.25, 0.3) is 5.56 Å². The van der Waals surface area contributed by atoms with E-state index in [2.05, 4.69) is 72.1 Å². The lowest BCUT2D eigenvalue weighted by atomic mass is 9.96. The van der Waals surface area contributed by atoms with Crippen molar-refractivity contribution in [3.8, 4) is 22.9 Å². The largest absolute Gasteiger partial charge is 0.494 e. The van der Waals surface area contributed by atoms with Gasteiger partial charge in [-0.15, -0.1) is 0 Å². The third-order valence-corrected chi connectivity index (χ3v) is 7.69. The van der Waals surface area contributed by atoms with Gasteiger partial charge in [0.2, 0.25) is 0 Å². The third-order valence-electron chi connectivity index (χ3n) is 7.07. The first kappa shape index (κ1) is 29.3. The van der Waals surface area contributed by atoms with E-state index >= 15 is 0 Å². The molecule has 6 nitrogen and oxygen atoms in total. The van der Waals surface area contributed by atoms with E-state index in [4.69, 9.17) is 14.5 Å². The van der Waals surface area contributed by atoms with E-state index in [9.17, 15) is 4.79 Å². The molecule has 0 unspecified atom stereocenters. The van der Waals surface area contributed by atoms with E-state index in [0.717, 1.165) is 43.8 Å². The lowest BCUT2D eigenvalue weighted by molar-refractivity contribution is 0.304. The van der Waals surface area contributed by atoms with Gasteiger partial charge >= 0.3 is 0 Å². The van der Waals surface area contributed by atoms with Crippen LogP contribution in [-0.2, 0) is 6.61 Å². The van der Waals surface area contributed by atoms with Crippen molar-refractivity contribution in [3.63, 3.8) is 0 Å². The minimum atomic E-state index is -0.233. The minimum Gasteiger partial charge on any atom is -0.494 e. The molecule has 0 aliphatic carbocycles. The summed E-state index contributed by atoms with van der Waals surface area (Å²) in [6.07, 6.45) is 1.67. The SMILES string of the molecule is CCOc1cc(C)c(-c2nc3ccccc3c(=O)n2N=Cc2ccc(OCc3ccc(C)cc3)c(Br)c2)cc1C(C)C. The number of rotatable bonds is 9. The zero-order valence-corrected chi connectivity index (χ0v) is 26.1. The number of halogens is 1. The van der Waals surface area contributed by atoms with E-state index in [-0.39, 0.29) is 11.5 Å². The van der Waals surface area contributed by atoms with Crippen LogP contribution in [0.25, 0.3) is 22.3 Å². The van der Waals surface area contributed by atoms with Crippen LogP contribution in [0.3, 0.4) is 0 Å². The van der Waals surface area contributed by atoms with Crippen molar-refractivity contribution >= 4 is 33.0 Å². The lowest BCUT2D eigenvalue weighted by Crippen LogP contribution is -2.20. The van der Waals surface area contributed by atoms with Crippen molar-refractivity contribution in [2.75, 3.05) is 6.61 Å². The Morgan fingerprint density at radius 2 is 1.71 bits per heavy atom. The molecular formula is C35H34BrN3O3. The number of hydrogen-bond donors (Lipinski definition) is 0. The fourth-order valence-electron chi connectivity index (χ4n) is 4.76. The Labute approximate surface area is 254 Å². The minimum absolute atomic E-state index is 0.221. The molecule has 4 aromatic carbocycles. The van der Waals surface area contributed by atoms with Gasteiger partial charge in [-0.1, -0.05) is 55.8 Å². The van der Waals surface area contributed by atoms with Crippen LogP contribution < -0.4 is 15.0 Å². The van der Waals surface area contributed by atoms with Gasteiger partial charge in [0.05, 0.1) is 28.2 Å². The van der Waals surface area contributed by atoms with Crippen molar-refractivity contribution in [2.24, 2.45) is 5.10 Å². The summed E-state index contributed by atoms with van der Waals surface area (Å²) in [7, 11) is 0. The van der Waals surface area contributed by atoms with Crippen molar-refractivity contribution in [1.82, 2.24) is 9.66 Å². The zero-order valence-electron chi connectivity index (χ0n) is 24.5. The van der Waals surface area contributed by atoms with Crippen molar-refractivity contribution < 1.29 is 9.47 Å². The molecule has 5 rings (SSSR count).